The van der Waals surface area contributed by atoms with Crippen LogP contribution in [-0.2, 0) is 9.84 Å². The Morgan fingerprint density at radius 2 is 1.12 bits per heavy atom. The highest BCUT2D eigenvalue weighted by Crippen LogP contribution is 2.23. The lowest BCUT2D eigenvalue weighted by Crippen LogP contribution is -2.57. The molecule has 0 aliphatic carbocycles. The number of hydrogen-bond donors (Lipinski definition) is 0. The summed E-state index contributed by atoms with van der Waals surface area (Å²) in [4.78, 5) is 0.407. The smallest absolute Gasteiger partial charge is 0.180 e. The lowest BCUT2D eigenvalue weighted by atomic mass is 10.4. The second-order valence-corrected chi connectivity index (χ2v) is 13.5. The summed E-state index contributed by atoms with van der Waals surface area (Å²) in [6.07, 6.45) is 0. The first-order chi connectivity index (χ1) is 12.4. The van der Waals surface area contributed by atoms with E-state index in [0.29, 0.717) is 10.9 Å². The maximum atomic E-state index is 13.1. The van der Waals surface area contributed by atoms with E-state index in [1.54, 1.807) is 24.3 Å². The zero-order valence-corrected chi connectivity index (χ0v) is 17.0. The Morgan fingerprint density at radius 3 is 1.54 bits per heavy atom. The third-order valence-corrected chi connectivity index (χ3v) is 12.2. The highest BCUT2D eigenvalue weighted by atomic mass is 32.2. The van der Waals surface area contributed by atoms with E-state index in [2.05, 4.69) is 30.8 Å². The average molecular weight is 381 g/mol. The molecule has 0 N–H and O–H groups in total. The van der Waals surface area contributed by atoms with E-state index in [1.807, 2.05) is 49.4 Å². The van der Waals surface area contributed by atoms with Gasteiger partial charge in [0.2, 0.25) is 0 Å². The van der Waals surface area contributed by atoms with Crippen LogP contribution >= 0.6 is 0 Å². The summed E-state index contributed by atoms with van der Waals surface area (Å²) >= 11 is 0. The molecule has 3 rings (SSSR count). The van der Waals surface area contributed by atoms with Crippen LogP contribution in [0.2, 0.25) is 12.6 Å². The number of rotatable bonds is 6. The van der Waals surface area contributed by atoms with Crippen molar-refractivity contribution in [3.8, 4) is 0 Å². The highest BCUT2D eigenvalue weighted by molar-refractivity contribution is 7.92. The molecule has 4 heteroatoms. The van der Waals surface area contributed by atoms with Gasteiger partial charge in [-0.2, -0.15) is 0 Å². The first-order valence-corrected chi connectivity index (χ1v) is 13.1. The van der Waals surface area contributed by atoms with Gasteiger partial charge in [0, 0.05) is 0 Å². The van der Waals surface area contributed by atoms with Crippen LogP contribution in [0.25, 0.3) is 0 Å². The van der Waals surface area contributed by atoms with Crippen LogP contribution in [0.4, 0.5) is 0 Å². The molecule has 2 nitrogen and oxygen atoms in total. The molecule has 3 aromatic carbocycles. The molecule has 0 bridgehead atoms. The van der Waals surface area contributed by atoms with E-state index in [4.69, 9.17) is 0 Å². The van der Waals surface area contributed by atoms with Crippen molar-refractivity contribution in [3.63, 3.8) is 0 Å². The molecule has 134 valence electrons. The molecule has 26 heavy (non-hydrogen) atoms. The number of benzene rings is 3. The van der Waals surface area contributed by atoms with Gasteiger partial charge in [0.1, 0.15) is 8.07 Å². The van der Waals surface area contributed by atoms with E-state index in [9.17, 15) is 8.42 Å². The van der Waals surface area contributed by atoms with Crippen LogP contribution in [0.3, 0.4) is 0 Å². The third kappa shape index (κ3) is 3.66. The van der Waals surface area contributed by atoms with E-state index in [-0.39, 0.29) is 0 Å². The minimum absolute atomic E-state index is 0.407. The van der Waals surface area contributed by atoms with Crippen molar-refractivity contribution in [2.45, 2.75) is 29.7 Å². The second kappa shape index (κ2) is 7.60. The van der Waals surface area contributed by atoms with Crippen LogP contribution in [0.15, 0.2) is 95.9 Å². The van der Waals surface area contributed by atoms with Crippen molar-refractivity contribution in [1.29, 1.82) is 0 Å². The van der Waals surface area contributed by atoms with Crippen LogP contribution in [0.1, 0.15) is 6.92 Å². The molecule has 0 aromatic heterocycles. The number of hydrogen-bond acceptors (Lipinski definition) is 2. The summed E-state index contributed by atoms with van der Waals surface area (Å²) in [7, 11) is -5.54. The Bertz CT molecular complexity index is 900. The Hall–Kier alpha value is -2.17. The highest BCUT2D eigenvalue weighted by Gasteiger charge is 2.37. The van der Waals surface area contributed by atoms with Crippen LogP contribution in [0.5, 0.6) is 0 Å². The molecule has 1 unspecified atom stereocenters. The van der Waals surface area contributed by atoms with Crippen molar-refractivity contribution < 1.29 is 8.42 Å². The van der Waals surface area contributed by atoms with E-state index in [0.717, 1.165) is 0 Å². The number of sulfone groups is 1. The largest absolute Gasteiger partial charge is 0.223 e. The molecule has 0 fully saturated rings. The van der Waals surface area contributed by atoms with Crippen molar-refractivity contribution in [3.05, 3.63) is 91.0 Å². The van der Waals surface area contributed by atoms with Gasteiger partial charge in [-0.1, -0.05) is 95.8 Å². The molecule has 0 saturated heterocycles. The van der Waals surface area contributed by atoms with E-state index in [1.165, 1.54) is 10.4 Å². The minimum Gasteiger partial charge on any atom is -0.223 e. The van der Waals surface area contributed by atoms with Gasteiger partial charge in [-0.15, -0.1) is 0 Å². The van der Waals surface area contributed by atoms with Gasteiger partial charge in [0.25, 0.3) is 0 Å². The van der Waals surface area contributed by atoms with E-state index >= 15 is 0 Å². The topological polar surface area (TPSA) is 34.1 Å². The average Bonchev–Trinajstić information content (AvgIpc) is 2.70. The molecule has 0 heterocycles. The molecule has 0 aliphatic rings. The molecule has 0 spiro atoms. The monoisotopic (exact) mass is 380 g/mol. The van der Waals surface area contributed by atoms with Crippen LogP contribution in [-0.4, -0.2) is 21.7 Å². The fourth-order valence-corrected chi connectivity index (χ4v) is 10.2. The zero-order valence-electron chi connectivity index (χ0n) is 15.2. The van der Waals surface area contributed by atoms with Crippen LogP contribution < -0.4 is 10.4 Å². The standard InChI is InChI=1S/C22H24O2SSi/c1-19(25(23,24)20-12-6-3-7-13-20)18-26(2,21-14-8-4-9-15-21)22-16-10-5-11-17-22/h3-17,19H,18H2,1-2H3. The van der Waals surface area contributed by atoms with Gasteiger partial charge in [-0.05, 0) is 25.1 Å². The Balaban J connectivity index is 2.02. The lowest BCUT2D eigenvalue weighted by molar-refractivity contribution is 0.587. The normalized spacial score (nSPS) is 13.3. The molecule has 0 amide bonds. The Labute approximate surface area is 157 Å². The Morgan fingerprint density at radius 1 is 0.731 bits per heavy atom. The summed E-state index contributed by atoms with van der Waals surface area (Å²) in [6, 6.07) is 30.2. The molecule has 0 saturated carbocycles. The molecule has 0 aliphatic heterocycles. The van der Waals surface area contributed by atoms with Gasteiger partial charge in [-0.25, -0.2) is 8.42 Å². The lowest BCUT2D eigenvalue weighted by Gasteiger charge is -2.31. The molecule has 3 aromatic rings. The van der Waals surface area contributed by atoms with Crippen molar-refractivity contribution in [2.24, 2.45) is 0 Å². The second-order valence-electron chi connectivity index (χ2n) is 6.94. The predicted octanol–water partition coefficient (Wildman–Crippen LogP) is 3.74. The molecule has 1 atom stereocenters. The van der Waals surface area contributed by atoms with Crippen molar-refractivity contribution >= 4 is 28.3 Å². The van der Waals surface area contributed by atoms with Gasteiger partial charge in [-0.3, -0.25) is 0 Å². The fourth-order valence-electron chi connectivity index (χ4n) is 3.54. The van der Waals surface area contributed by atoms with Gasteiger partial charge >= 0.3 is 0 Å². The summed E-state index contributed by atoms with van der Waals surface area (Å²) in [5, 5.41) is 2.09. The maximum absolute atomic E-state index is 13.1. The van der Waals surface area contributed by atoms with E-state index < -0.39 is 23.2 Å². The fraction of sp³-hybridized carbons (Fsp3) is 0.182. The summed E-state index contributed by atoms with van der Waals surface area (Å²) < 4.78 is 26.2. The molecular formula is C22H24O2SSi. The third-order valence-electron chi connectivity index (χ3n) is 5.12. The molecular weight excluding hydrogens is 356 g/mol. The predicted molar refractivity (Wildman–Crippen MR) is 112 cm³/mol. The minimum atomic E-state index is -3.35. The first-order valence-electron chi connectivity index (χ1n) is 8.84. The first kappa shape index (κ1) is 18.6. The van der Waals surface area contributed by atoms with Gasteiger partial charge in [0.05, 0.1) is 10.1 Å². The van der Waals surface area contributed by atoms with Crippen molar-refractivity contribution in [2.75, 3.05) is 0 Å². The van der Waals surface area contributed by atoms with Crippen LogP contribution in [0, 0.1) is 0 Å². The van der Waals surface area contributed by atoms with Gasteiger partial charge < -0.3 is 0 Å². The summed E-state index contributed by atoms with van der Waals surface area (Å²) in [6.45, 7) is 4.12. The zero-order chi connectivity index (χ0) is 18.6. The van der Waals surface area contributed by atoms with Gasteiger partial charge in [0.15, 0.2) is 9.84 Å². The maximum Gasteiger partial charge on any atom is 0.180 e. The van der Waals surface area contributed by atoms with Crippen molar-refractivity contribution in [1.82, 2.24) is 0 Å². The summed E-state index contributed by atoms with van der Waals surface area (Å²) in [5.74, 6) is 0. The Kier molecular flexibility index (Phi) is 5.44. The summed E-state index contributed by atoms with van der Waals surface area (Å²) in [5.41, 5.74) is 0. The quantitative estimate of drug-likeness (QED) is 0.611. The SMILES string of the molecule is CC(C[Si](C)(c1ccccc1)c1ccccc1)S(=O)(=O)c1ccccc1. The molecule has 0 radical (unpaired) electrons.